The highest BCUT2D eigenvalue weighted by Gasteiger charge is 2.11. The smallest absolute Gasteiger partial charge is 0.265 e. The molecule has 3 rings (SSSR count). The van der Waals surface area contributed by atoms with Crippen molar-refractivity contribution in [3.63, 3.8) is 0 Å². The van der Waals surface area contributed by atoms with E-state index in [1.165, 1.54) is 11.3 Å². The predicted octanol–water partition coefficient (Wildman–Crippen LogP) is 6.85. The summed E-state index contributed by atoms with van der Waals surface area (Å²) in [5.41, 5.74) is 2.42. The summed E-state index contributed by atoms with van der Waals surface area (Å²) in [4.78, 5) is 12.9. The molecule has 1 N–H and O–H groups in total. The summed E-state index contributed by atoms with van der Waals surface area (Å²) < 4.78 is 5.75. The Morgan fingerprint density at radius 2 is 1.81 bits per heavy atom. The van der Waals surface area contributed by atoms with Gasteiger partial charge in [0.15, 0.2) is 0 Å². The van der Waals surface area contributed by atoms with Gasteiger partial charge in [-0.15, -0.1) is 11.3 Å². The van der Waals surface area contributed by atoms with Crippen molar-refractivity contribution in [3.05, 3.63) is 78.9 Å². The number of carbonyl (C=O) groups excluding carboxylic acids is 1. The van der Waals surface area contributed by atoms with Gasteiger partial charge in [0.25, 0.3) is 5.91 Å². The number of carbonyl (C=O) groups is 1. The van der Waals surface area contributed by atoms with E-state index in [2.05, 4.69) is 5.32 Å². The van der Waals surface area contributed by atoms with Crippen molar-refractivity contribution in [1.29, 1.82) is 0 Å². The number of anilines is 1. The van der Waals surface area contributed by atoms with Crippen LogP contribution in [-0.4, -0.2) is 5.91 Å². The lowest BCUT2D eigenvalue weighted by Gasteiger charge is -2.06. The van der Waals surface area contributed by atoms with Gasteiger partial charge in [0, 0.05) is 26.3 Å². The van der Waals surface area contributed by atoms with Gasteiger partial charge in [-0.05, 0) is 60.3 Å². The minimum atomic E-state index is -0.220. The highest BCUT2D eigenvalue weighted by Crippen LogP contribution is 2.25. The Morgan fingerprint density at radius 1 is 1.08 bits per heavy atom. The molecular formula is C19H14Cl3NO2S. The molecule has 1 aromatic heterocycles. The van der Waals surface area contributed by atoms with Gasteiger partial charge in [-0.25, -0.2) is 0 Å². The molecule has 0 aliphatic carbocycles. The van der Waals surface area contributed by atoms with Crippen molar-refractivity contribution in [2.24, 2.45) is 0 Å². The van der Waals surface area contributed by atoms with Crippen LogP contribution in [0.4, 0.5) is 5.69 Å². The molecule has 2 aromatic carbocycles. The molecule has 7 heteroatoms. The number of hydrogen-bond donors (Lipinski definition) is 1. The average molecular weight is 427 g/mol. The first kappa shape index (κ1) is 19.1. The summed E-state index contributed by atoms with van der Waals surface area (Å²) >= 11 is 19.2. The Labute approximate surface area is 170 Å². The zero-order chi connectivity index (χ0) is 18.7. The number of rotatable bonds is 5. The quantitative estimate of drug-likeness (QED) is 0.484. The van der Waals surface area contributed by atoms with E-state index in [1.807, 2.05) is 24.4 Å². The van der Waals surface area contributed by atoms with Crippen LogP contribution in [0.25, 0.3) is 0 Å². The van der Waals surface area contributed by atoms with Gasteiger partial charge in [-0.3, -0.25) is 4.79 Å². The van der Waals surface area contributed by atoms with Gasteiger partial charge in [0.2, 0.25) is 0 Å². The summed E-state index contributed by atoms with van der Waals surface area (Å²) in [5, 5.41) is 6.31. The Kier molecular flexibility index (Phi) is 6.09. The second-order valence-corrected chi connectivity index (χ2v) is 7.82. The molecular weight excluding hydrogens is 413 g/mol. The molecule has 1 heterocycles. The van der Waals surface area contributed by atoms with Gasteiger partial charge >= 0.3 is 0 Å². The van der Waals surface area contributed by atoms with Crippen LogP contribution in [0.15, 0.2) is 47.8 Å². The summed E-state index contributed by atoms with van der Waals surface area (Å²) in [5.74, 6) is 0.514. The third-order valence-corrected chi connectivity index (χ3v) is 5.37. The summed E-state index contributed by atoms with van der Waals surface area (Å²) in [6.45, 7) is 2.29. The van der Waals surface area contributed by atoms with Crippen LogP contribution < -0.4 is 10.1 Å². The maximum Gasteiger partial charge on any atom is 0.265 e. The number of nitrogens with one attached hydrogen (secondary N) is 1. The first-order valence-electron chi connectivity index (χ1n) is 7.64. The van der Waals surface area contributed by atoms with Crippen LogP contribution in [-0.2, 0) is 6.61 Å². The van der Waals surface area contributed by atoms with Crippen LogP contribution in [0.5, 0.6) is 5.75 Å². The standard InChI is InChI=1S/C19H14Cl3NO2S/c1-11-4-16(2-3-17(11)22)25-9-12-5-18(26-10-12)19(24)23-15-7-13(20)6-14(21)8-15/h2-8,10H,9H2,1H3,(H,23,24). The Morgan fingerprint density at radius 3 is 2.50 bits per heavy atom. The van der Waals surface area contributed by atoms with E-state index >= 15 is 0 Å². The highest BCUT2D eigenvalue weighted by molar-refractivity contribution is 7.12. The van der Waals surface area contributed by atoms with Crippen LogP contribution >= 0.6 is 46.1 Å². The Hall–Kier alpha value is -1.72. The Bertz CT molecular complexity index is 935. The van der Waals surface area contributed by atoms with Gasteiger partial charge in [0.05, 0.1) is 4.88 Å². The highest BCUT2D eigenvalue weighted by atomic mass is 35.5. The molecule has 26 heavy (non-hydrogen) atoms. The average Bonchev–Trinajstić information content (AvgIpc) is 3.04. The molecule has 0 spiro atoms. The van der Waals surface area contributed by atoms with Crippen LogP contribution in [0, 0.1) is 6.92 Å². The summed E-state index contributed by atoms with van der Waals surface area (Å²) in [6.07, 6.45) is 0. The maximum atomic E-state index is 12.4. The zero-order valence-corrected chi connectivity index (χ0v) is 16.8. The van der Waals surface area contributed by atoms with Gasteiger partial charge in [-0.1, -0.05) is 34.8 Å². The molecule has 0 fully saturated rings. The zero-order valence-electron chi connectivity index (χ0n) is 13.7. The van der Waals surface area contributed by atoms with Crippen LogP contribution in [0.1, 0.15) is 20.8 Å². The first-order chi connectivity index (χ1) is 12.4. The lowest BCUT2D eigenvalue weighted by Crippen LogP contribution is -2.10. The molecule has 0 unspecified atom stereocenters. The van der Waals surface area contributed by atoms with Crippen molar-refractivity contribution in [1.82, 2.24) is 0 Å². The lowest BCUT2D eigenvalue weighted by atomic mass is 10.2. The fourth-order valence-corrected chi connectivity index (χ4v) is 3.70. The molecule has 134 valence electrons. The van der Waals surface area contributed by atoms with E-state index in [0.29, 0.717) is 32.2 Å². The summed E-state index contributed by atoms with van der Waals surface area (Å²) in [7, 11) is 0. The maximum absolute atomic E-state index is 12.4. The van der Waals surface area contributed by atoms with Crippen LogP contribution in [0.2, 0.25) is 15.1 Å². The number of halogens is 3. The normalized spacial score (nSPS) is 10.6. The number of benzene rings is 2. The third-order valence-electron chi connectivity index (χ3n) is 3.53. The Balaban J connectivity index is 1.63. The second kappa shape index (κ2) is 8.31. The van der Waals surface area contributed by atoms with Crippen LogP contribution in [0.3, 0.4) is 0 Å². The monoisotopic (exact) mass is 425 g/mol. The molecule has 3 aromatic rings. The molecule has 0 aliphatic heterocycles. The van der Waals surface area contributed by atoms with Crippen molar-refractivity contribution in [2.45, 2.75) is 13.5 Å². The van der Waals surface area contributed by atoms with E-state index in [4.69, 9.17) is 39.5 Å². The SMILES string of the molecule is Cc1cc(OCc2csc(C(=O)Nc3cc(Cl)cc(Cl)c3)c2)ccc1Cl. The third kappa shape index (κ3) is 4.92. The lowest BCUT2D eigenvalue weighted by molar-refractivity contribution is 0.103. The topological polar surface area (TPSA) is 38.3 Å². The van der Waals surface area contributed by atoms with Crippen molar-refractivity contribution >= 4 is 57.7 Å². The number of ether oxygens (including phenoxy) is 1. The van der Waals surface area contributed by atoms with E-state index in [0.717, 1.165) is 16.9 Å². The van der Waals surface area contributed by atoms with Crippen molar-refractivity contribution in [2.75, 3.05) is 5.32 Å². The predicted molar refractivity (Wildman–Crippen MR) is 109 cm³/mol. The van der Waals surface area contributed by atoms with Gasteiger partial charge in [-0.2, -0.15) is 0 Å². The van der Waals surface area contributed by atoms with E-state index < -0.39 is 0 Å². The molecule has 3 nitrogen and oxygen atoms in total. The van der Waals surface area contributed by atoms with Crippen molar-refractivity contribution in [3.8, 4) is 5.75 Å². The molecule has 0 saturated carbocycles. The minimum absolute atomic E-state index is 0.220. The van der Waals surface area contributed by atoms with E-state index in [1.54, 1.807) is 30.3 Å². The fourth-order valence-electron chi connectivity index (χ4n) is 2.26. The second-order valence-electron chi connectivity index (χ2n) is 5.63. The van der Waals surface area contributed by atoms with E-state index in [9.17, 15) is 4.79 Å². The van der Waals surface area contributed by atoms with E-state index in [-0.39, 0.29) is 5.91 Å². The minimum Gasteiger partial charge on any atom is -0.489 e. The molecule has 1 amide bonds. The molecule has 0 atom stereocenters. The molecule has 0 radical (unpaired) electrons. The van der Waals surface area contributed by atoms with Gasteiger partial charge in [0.1, 0.15) is 12.4 Å². The van der Waals surface area contributed by atoms with Crippen molar-refractivity contribution < 1.29 is 9.53 Å². The number of amides is 1. The van der Waals surface area contributed by atoms with Gasteiger partial charge < -0.3 is 10.1 Å². The number of aryl methyl sites for hydroxylation is 1. The molecule has 0 saturated heterocycles. The number of hydrogen-bond acceptors (Lipinski definition) is 3. The molecule has 0 aliphatic rings. The fraction of sp³-hybridized carbons (Fsp3) is 0.105. The molecule has 0 bridgehead atoms. The number of thiophene rings is 1. The largest absolute Gasteiger partial charge is 0.489 e. The first-order valence-corrected chi connectivity index (χ1v) is 9.66. The summed E-state index contributed by atoms with van der Waals surface area (Å²) in [6, 6.07) is 12.2.